The van der Waals surface area contributed by atoms with E-state index in [1.165, 1.54) is 23.1 Å². The molecule has 0 radical (unpaired) electrons. The van der Waals surface area contributed by atoms with Gasteiger partial charge in [-0.3, -0.25) is 0 Å². The highest BCUT2D eigenvalue weighted by Crippen LogP contribution is 2.31. The average molecular weight is 719 g/mol. The van der Waals surface area contributed by atoms with Crippen LogP contribution in [0.4, 0.5) is 15.3 Å². The highest BCUT2D eigenvalue weighted by molar-refractivity contribution is 7.92. The smallest absolute Gasteiger partial charge is 0.428 e. The molecule has 50 heavy (non-hydrogen) atoms. The molecule has 2 heterocycles. The highest BCUT2D eigenvalue weighted by Gasteiger charge is 2.32. The molecule has 1 unspecified atom stereocenters. The number of nitrogens with zero attached hydrogens (tertiary/aromatic N) is 4. The molecule has 2 aromatic carbocycles. The molecule has 1 N–H and O–H groups in total. The van der Waals surface area contributed by atoms with Crippen LogP contribution >= 0.6 is 0 Å². The van der Waals surface area contributed by atoms with Crippen LogP contribution in [0.15, 0.2) is 42.5 Å². The maximum Gasteiger partial charge on any atom is 0.428 e. The zero-order chi connectivity index (χ0) is 36.9. The molecule has 1 aromatic heterocycles. The van der Waals surface area contributed by atoms with Gasteiger partial charge in [0.15, 0.2) is 6.23 Å². The first-order valence-corrected chi connectivity index (χ1v) is 18.4. The predicted molar refractivity (Wildman–Crippen MR) is 188 cm³/mol. The maximum absolute atomic E-state index is 13.3. The standard InChI is InChI=1S/C35H50N4O10S/c1-34(2,3)48-32(41)37(22-30(40)24-12-11-13-25(20-24)39(50(8,43)44)33(42)49-35(4,5)6)17-19-46-26-15-16-27-28(23-45-7)36-38(29(27)21-26)31-14-9-10-18-47-31/h11-13,15-16,20-21,30-31,40H,9-10,14,17-19,22-23H2,1-8H3/t30?,31-/m1/s1. The fourth-order valence-electron chi connectivity index (χ4n) is 5.42. The second kappa shape index (κ2) is 16.0. The quantitative estimate of drug-likeness (QED) is 0.237. The summed E-state index contributed by atoms with van der Waals surface area (Å²) < 4.78 is 56.1. The molecule has 15 heteroatoms. The first-order chi connectivity index (χ1) is 23.4. The van der Waals surface area contributed by atoms with Crippen LogP contribution < -0.4 is 9.04 Å². The Bertz CT molecular complexity index is 1740. The van der Waals surface area contributed by atoms with Crippen molar-refractivity contribution in [2.24, 2.45) is 0 Å². The summed E-state index contributed by atoms with van der Waals surface area (Å²) in [7, 11) is -2.47. The number of hydrogen-bond acceptors (Lipinski definition) is 11. The molecule has 0 spiro atoms. The molecule has 4 rings (SSSR count). The number of rotatable bonds is 12. The third-order valence-corrected chi connectivity index (χ3v) is 8.54. The number of aliphatic hydroxyl groups excluding tert-OH is 1. The lowest BCUT2D eigenvalue weighted by atomic mass is 10.1. The molecule has 276 valence electrons. The molecule has 1 aliphatic rings. The van der Waals surface area contributed by atoms with E-state index in [0.717, 1.165) is 42.1 Å². The summed E-state index contributed by atoms with van der Waals surface area (Å²) in [5, 5.41) is 17.0. The number of sulfonamides is 1. The fraction of sp³-hybridized carbons (Fsp3) is 0.571. The number of methoxy groups -OCH3 is 1. The highest BCUT2D eigenvalue weighted by atomic mass is 32.2. The van der Waals surface area contributed by atoms with Gasteiger partial charge in [0.25, 0.3) is 0 Å². The van der Waals surface area contributed by atoms with Crippen molar-refractivity contribution in [1.29, 1.82) is 0 Å². The number of amides is 2. The summed E-state index contributed by atoms with van der Waals surface area (Å²) in [6, 6.07) is 11.5. The summed E-state index contributed by atoms with van der Waals surface area (Å²) >= 11 is 0. The number of benzene rings is 2. The molecule has 2 amide bonds. The van der Waals surface area contributed by atoms with E-state index in [2.05, 4.69) is 0 Å². The SMILES string of the molecule is COCc1nn([C@H]2CCCCO2)c2cc(OCCN(CC(O)c3cccc(N(C(=O)OC(C)(C)C)S(C)(=O)=O)c3)C(=O)OC(C)(C)C)ccc12. The number of fused-ring (bicyclic) bond motifs is 1. The Kier molecular flexibility index (Phi) is 12.4. The van der Waals surface area contributed by atoms with Gasteiger partial charge in [-0.05, 0) is 90.6 Å². The van der Waals surface area contributed by atoms with E-state index >= 15 is 0 Å². The van der Waals surface area contributed by atoms with E-state index in [0.29, 0.717) is 23.3 Å². The number of aliphatic hydroxyl groups is 1. The molecule has 0 saturated carbocycles. The summed E-state index contributed by atoms with van der Waals surface area (Å²) in [5.41, 5.74) is 0.127. The van der Waals surface area contributed by atoms with Gasteiger partial charge >= 0.3 is 12.2 Å². The molecule has 1 saturated heterocycles. The molecule has 0 bridgehead atoms. The van der Waals surface area contributed by atoms with E-state index in [9.17, 15) is 23.1 Å². The van der Waals surface area contributed by atoms with Crippen molar-refractivity contribution in [3.8, 4) is 5.75 Å². The third kappa shape index (κ3) is 10.5. The second-order valence-electron chi connectivity index (χ2n) is 14.2. The zero-order valence-electron chi connectivity index (χ0n) is 30.2. The van der Waals surface area contributed by atoms with Crippen molar-refractivity contribution < 1.29 is 46.8 Å². The Morgan fingerprint density at radius 3 is 2.36 bits per heavy atom. The molecule has 0 aliphatic carbocycles. The molecule has 2 atom stereocenters. The first kappa shape index (κ1) is 38.9. The number of anilines is 1. The lowest BCUT2D eigenvalue weighted by molar-refractivity contribution is -0.0371. The molecule has 1 fully saturated rings. The number of aromatic nitrogens is 2. The minimum Gasteiger partial charge on any atom is -0.492 e. The van der Waals surface area contributed by atoms with Gasteiger partial charge in [0.05, 0.1) is 49.0 Å². The molecule has 3 aromatic rings. The summed E-state index contributed by atoms with van der Waals surface area (Å²) in [6.45, 7) is 11.0. The molecular formula is C35H50N4O10S. The van der Waals surface area contributed by atoms with Crippen molar-refractivity contribution in [1.82, 2.24) is 14.7 Å². The van der Waals surface area contributed by atoms with Crippen molar-refractivity contribution in [2.75, 3.05) is 44.0 Å². The van der Waals surface area contributed by atoms with E-state index in [-0.39, 0.29) is 37.2 Å². The Morgan fingerprint density at radius 2 is 1.74 bits per heavy atom. The Labute approximate surface area is 294 Å². The fourth-order valence-corrected chi connectivity index (χ4v) is 6.22. The van der Waals surface area contributed by atoms with Gasteiger partial charge < -0.3 is 33.7 Å². The van der Waals surface area contributed by atoms with Crippen molar-refractivity contribution >= 4 is 38.8 Å². The van der Waals surface area contributed by atoms with E-state index < -0.39 is 39.5 Å². The second-order valence-corrected chi connectivity index (χ2v) is 16.0. The van der Waals surface area contributed by atoms with Gasteiger partial charge in [-0.25, -0.2) is 22.7 Å². The van der Waals surface area contributed by atoms with Gasteiger partial charge in [0, 0.05) is 25.2 Å². The Morgan fingerprint density at radius 1 is 1.04 bits per heavy atom. The van der Waals surface area contributed by atoms with Crippen LogP contribution in [0.25, 0.3) is 10.9 Å². The van der Waals surface area contributed by atoms with Crippen LogP contribution in [0.5, 0.6) is 5.75 Å². The van der Waals surface area contributed by atoms with Gasteiger partial charge in [-0.15, -0.1) is 0 Å². The van der Waals surface area contributed by atoms with Crippen LogP contribution in [0.3, 0.4) is 0 Å². The molecule has 1 aliphatic heterocycles. The first-order valence-electron chi connectivity index (χ1n) is 16.6. The number of carbonyl (C=O) groups excluding carboxylic acids is 2. The lowest BCUT2D eigenvalue weighted by Gasteiger charge is -2.29. The monoisotopic (exact) mass is 718 g/mol. The molecule has 14 nitrogen and oxygen atoms in total. The normalized spacial score (nSPS) is 16.1. The number of hydrogen-bond donors (Lipinski definition) is 1. The van der Waals surface area contributed by atoms with Crippen molar-refractivity contribution in [2.45, 2.75) is 90.9 Å². The lowest BCUT2D eigenvalue weighted by Crippen LogP contribution is -2.41. The zero-order valence-corrected chi connectivity index (χ0v) is 31.0. The van der Waals surface area contributed by atoms with Crippen LogP contribution in [0.1, 0.15) is 84.4 Å². The largest absolute Gasteiger partial charge is 0.492 e. The average Bonchev–Trinajstić information content (AvgIpc) is 3.36. The van der Waals surface area contributed by atoms with Crippen LogP contribution in [0, 0.1) is 0 Å². The molecular weight excluding hydrogens is 668 g/mol. The van der Waals surface area contributed by atoms with Crippen molar-refractivity contribution in [3.63, 3.8) is 0 Å². The predicted octanol–water partition coefficient (Wildman–Crippen LogP) is 5.93. The summed E-state index contributed by atoms with van der Waals surface area (Å²) in [4.78, 5) is 27.5. The van der Waals surface area contributed by atoms with E-state index in [4.69, 9.17) is 28.8 Å². The minimum atomic E-state index is -4.09. The summed E-state index contributed by atoms with van der Waals surface area (Å²) in [5.74, 6) is 0.554. The van der Waals surface area contributed by atoms with Crippen LogP contribution in [-0.4, -0.2) is 91.3 Å². The maximum atomic E-state index is 13.3. The summed E-state index contributed by atoms with van der Waals surface area (Å²) in [6.07, 6.45) is 0.561. The number of ether oxygens (including phenoxy) is 5. The van der Waals surface area contributed by atoms with Crippen LogP contribution in [0.2, 0.25) is 0 Å². The van der Waals surface area contributed by atoms with Crippen LogP contribution in [-0.2, 0) is 35.6 Å². The van der Waals surface area contributed by atoms with Gasteiger partial charge in [-0.2, -0.15) is 9.40 Å². The van der Waals surface area contributed by atoms with E-state index in [1.807, 2.05) is 22.9 Å². The van der Waals surface area contributed by atoms with Crippen molar-refractivity contribution in [3.05, 3.63) is 53.7 Å². The van der Waals surface area contributed by atoms with Gasteiger partial charge in [0.1, 0.15) is 23.6 Å². The third-order valence-electron chi connectivity index (χ3n) is 7.52. The van der Waals surface area contributed by atoms with Gasteiger partial charge in [0.2, 0.25) is 10.0 Å². The van der Waals surface area contributed by atoms with E-state index in [1.54, 1.807) is 54.7 Å². The topological polar surface area (TPSA) is 159 Å². The minimum absolute atomic E-state index is 0.0210. The Balaban J connectivity index is 1.53. The van der Waals surface area contributed by atoms with Gasteiger partial charge in [-0.1, -0.05) is 12.1 Å². The number of carbonyl (C=O) groups is 2. The Hall–Kier alpha value is -3.92.